The van der Waals surface area contributed by atoms with Gasteiger partial charge < -0.3 is 14.5 Å². The zero-order valence-electron chi connectivity index (χ0n) is 20.2. The van der Waals surface area contributed by atoms with E-state index in [1.807, 2.05) is 13.8 Å². The van der Waals surface area contributed by atoms with Crippen molar-refractivity contribution in [1.82, 2.24) is 0 Å². The van der Waals surface area contributed by atoms with Crippen molar-refractivity contribution in [3.8, 4) is 0 Å². The molecule has 2 N–H and O–H groups in total. The van der Waals surface area contributed by atoms with E-state index in [1.54, 1.807) is 0 Å². The molecule has 0 unspecified atom stereocenters. The third-order valence-electron chi connectivity index (χ3n) is 4.32. The molecule has 0 aromatic carbocycles. The number of unbranched alkanes of at least 4 members (excludes halogenated alkanes) is 12. The van der Waals surface area contributed by atoms with Crippen LogP contribution in [0.3, 0.4) is 0 Å². The van der Waals surface area contributed by atoms with Gasteiger partial charge in [0, 0.05) is 13.2 Å². The Labute approximate surface area is 187 Å². The number of phosphoric acid groups is 1. The highest BCUT2D eigenvalue weighted by atomic mass is 31.2. The first-order valence-electron chi connectivity index (χ1n) is 11.9. The Balaban J connectivity index is -0.000000901. The van der Waals surface area contributed by atoms with E-state index in [4.69, 9.17) is 14.5 Å². The maximum atomic E-state index is 10.5. The van der Waals surface area contributed by atoms with Crippen LogP contribution in [0.15, 0.2) is 25.3 Å². The van der Waals surface area contributed by atoms with Gasteiger partial charge in [-0.15, -0.1) is 13.2 Å². The topological polar surface area (TPSA) is 76.0 Å². The number of phosphoric ester groups is 1. The summed E-state index contributed by atoms with van der Waals surface area (Å²) >= 11 is 0. The molecule has 5 nitrogen and oxygen atoms in total. The van der Waals surface area contributed by atoms with Gasteiger partial charge in [-0.25, -0.2) is 4.57 Å². The smallest absolute Gasteiger partial charge is 0.382 e. The third kappa shape index (κ3) is 41.8. The van der Waals surface area contributed by atoms with Crippen molar-refractivity contribution >= 4 is 7.82 Å². The second-order valence-electron chi connectivity index (χ2n) is 7.04. The molecule has 0 saturated carbocycles. The van der Waals surface area contributed by atoms with Crippen molar-refractivity contribution in [2.24, 2.45) is 0 Å². The van der Waals surface area contributed by atoms with E-state index in [1.165, 1.54) is 70.6 Å². The van der Waals surface area contributed by atoms with Crippen LogP contribution < -0.4 is 0 Å². The summed E-state index contributed by atoms with van der Waals surface area (Å²) in [5, 5.41) is 0. The Hall–Kier alpha value is -0.450. The molecule has 0 spiro atoms. The van der Waals surface area contributed by atoms with Crippen molar-refractivity contribution < 1.29 is 23.6 Å². The predicted molar refractivity (Wildman–Crippen MR) is 131 cm³/mol. The maximum Gasteiger partial charge on any atom is 0.469 e. The normalized spacial score (nSPS) is 11.0. The van der Waals surface area contributed by atoms with E-state index in [2.05, 4.69) is 36.8 Å². The minimum atomic E-state index is -4.26. The molecule has 6 heteroatoms. The Morgan fingerprint density at radius 2 is 1.10 bits per heavy atom. The SMILES string of the molecule is C=C.CCCCCCCC/C=C\CCCCCCCCOP(=O)(O)O.CCOCC. The third-order valence-corrected chi connectivity index (χ3v) is 4.84. The first kappa shape index (κ1) is 34.2. The largest absolute Gasteiger partial charge is 0.469 e. The zero-order chi connectivity index (χ0) is 23.3. The van der Waals surface area contributed by atoms with Gasteiger partial charge in [0.25, 0.3) is 0 Å². The number of hydrogen-bond donors (Lipinski definition) is 2. The van der Waals surface area contributed by atoms with Crippen LogP contribution in [-0.4, -0.2) is 29.6 Å². The molecule has 0 aliphatic carbocycles. The highest BCUT2D eigenvalue weighted by molar-refractivity contribution is 7.46. The fraction of sp³-hybridized carbons (Fsp3) is 0.833. The first-order valence-corrected chi connectivity index (χ1v) is 13.4. The standard InChI is InChI=1S/C18H37O4P.C4H10O.C2H4/c1-2-3-4-5-6-7-8-9-10-11-12-13-14-15-16-17-18-22-23(19,20)21;1-3-5-4-2;1-2/h9-10H,2-8,11-18H2,1H3,(H2,19,20,21);3-4H2,1-2H3;1-2H2/b10-9-;;. The first-order chi connectivity index (χ1) is 14.5. The quantitative estimate of drug-likeness (QED) is 0.118. The average molecular weight is 451 g/mol. The van der Waals surface area contributed by atoms with E-state index < -0.39 is 7.82 Å². The Kier molecular flexibility index (Phi) is 35.0. The van der Waals surface area contributed by atoms with Crippen molar-refractivity contribution in [3.63, 3.8) is 0 Å². The molecule has 0 amide bonds. The van der Waals surface area contributed by atoms with Gasteiger partial charge in [0.2, 0.25) is 0 Å². The lowest BCUT2D eigenvalue weighted by molar-refractivity contribution is 0.162. The van der Waals surface area contributed by atoms with Crippen LogP contribution in [0.4, 0.5) is 0 Å². The number of rotatable bonds is 19. The molecular weight excluding hydrogens is 399 g/mol. The van der Waals surface area contributed by atoms with Gasteiger partial charge in [-0.05, 0) is 46.0 Å². The van der Waals surface area contributed by atoms with Gasteiger partial charge in [0.1, 0.15) is 0 Å². The van der Waals surface area contributed by atoms with Crippen LogP contribution in [0.2, 0.25) is 0 Å². The van der Waals surface area contributed by atoms with Crippen LogP contribution in [0.25, 0.3) is 0 Å². The molecule has 0 heterocycles. The molecule has 0 rings (SSSR count). The molecule has 0 aliphatic rings. The van der Waals surface area contributed by atoms with Crippen molar-refractivity contribution in [3.05, 3.63) is 25.3 Å². The molecule has 0 radical (unpaired) electrons. The van der Waals surface area contributed by atoms with Gasteiger partial charge in [-0.1, -0.05) is 76.9 Å². The van der Waals surface area contributed by atoms with E-state index in [-0.39, 0.29) is 6.61 Å². The molecular formula is C24H51O5P. The Morgan fingerprint density at radius 3 is 1.47 bits per heavy atom. The summed E-state index contributed by atoms with van der Waals surface area (Å²) in [6, 6.07) is 0. The highest BCUT2D eigenvalue weighted by Crippen LogP contribution is 2.35. The second kappa shape index (κ2) is 30.7. The Morgan fingerprint density at radius 1 is 0.700 bits per heavy atom. The van der Waals surface area contributed by atoms with Gasteiger partial charge in [0.05, 0.1) is 6.61 Å². The summed E-state index contributed by atoms with van der Waals surface area (Å²) in [7, 11) is -4.26. The van der Waals surface area contributed by atoms with E-state index in [0.717, 1.165) is 32.5 Å². The van der Waals surface area contributed by atoms with Crippen molar-refractivity contribution in [2.75, 3.05) is 19.8 Å². The van der Waals surface area contributed by atoms with E-state index in [0.29, 0.717) is 0 Å². The van der Waals surface area contributed by atoms with E-state index in [9.17, 15) is 4.57 Å². The fourth-order valence-electron chi connectivity index (χ4n) is 2.74. The fourth-order valence-corrected chi connectivity index (χ4v) is 3.10. The molecule has 182 valence electrons. The molecule has 0 aliphatic heterocycles. The number of allylic oxidation sites excluding steroid dienone is 2. The molecule has 0 bridgehead atoms. The molecule has 0 aromatic heterocycles. The summed E-state index contributed by atoms with van der Waals surface area (Å²) in [6.07, 6.45) is 21.7. The van der Waals surface area contributed by atoms with Crippen LogP contribution in [0.1, 0.15) is 111 Å². The summed E-state index contributed by atoms with van der Waals surface area (Å²) in [4.78, 5) is 17.1. The summed E-state index contributed by atoms with van der Waals surface area (Å²) in [5.74, 6) is 0. The predicted octanol–water partition coefficient (Wildman–Crippen LogP) is 7.98. The monoisotopic (exact) mass is 450 g/mol. The molecule has 30 heavy (non-hydrogen) atoms. The maximum absolute atomic E-state index is 10.5. The molecule has 0 atom stereocenters. The van der Waals surface area contributed by atoms with Crippen molar-refractivity contribution in [1.29, 1.82) is 0 Å². The van der Waals surface area contributed by atoms with Crippen molar-refractivity contribution in [2.45, 2.75) is 111 Å². The lowest BCUT2D eigenvalue weighted by atomic mass is 10.1. The summed E-state index contributed by atoms with van der Waals surface area (Å²) in [5.41, 5.74) is 0. The van der Waals surface area contributed by atoms with Crippen LogP contribution in [0, 0.1) is 0 Å². The molecule has 0 fully saturated rings. The second-order valence-corrected chi connectivity index (χ2v) is 8.28. The molecule has 0 aromatic rings. The van der Waals surface area contributed by atoms with Crippen LogP contribution in [0.5, 0.6) is 0 Å². The number of ether oxygens (including phenoxy) is 1. The van der Waals surface area contributed by atoms with Crippen LogP contribution >= 0.6 is 7.82 Å². The number of hydrogen-bond acceptors (Lipinski definition) is 3. The minimum Gasteiger partial charge on any atom is -0.382 e. The summed E-state index contributed by atoms with van der Waals surface area (Å²) < 4.78 is 19.7. The molecule has 0 saturated heterocycles. The van der Waals surface area contributed by atoms with Gasteiger partial charge >= 0.3 is 7.82 Å². The minimum absolute atomic E-state index is 0.158. The van der Waals surface area contributed by atoms with Gasteiger partial charge in [-0.3, -0.25) is 4.52 Å². The van der Waals surface area contributed by atoms with Gasteiger partial charge in [-0.2, -0.15) is 0 Å². The lowest BCUT2D eigenvalue weighted by Gasteiger charge is -2.04. The summed E-state index contributed by atoms with van der Waals surface area (Å²) in [6.45, 7) is 14.1. The van der Waals surface area contributed by atoms with E-state index >= 15 is 0 Å². The van der Waals surface area contributed by atoms with Gasteiger partial charge in [0.15, 0.2) is 0 Å². The Bertz CT molecular complexity index is 367. The highest BCUT2D eigenvalue weighted by Gasteiger charge is 2.12. The average Bonchev–Trinajstić information content (AvgIpc) is 2.72. The zero-order valence-corrected chi connectivity index (χ0v) is 21.1. The lowest BCUT2D eigenvalue weighted by Crippen LogP contribution is -1.92. The van der Waals surface area contributed by atoms with Crippen LogP contribution in [-0.2, 0) is 13.8 Å².